The Kier molecular flexibility index (Phi) is 4.47. The highest BCUT2D eigenvalue weighted by Crippen LogP contribution is 2.31. The summed E-state index contributed by atoms with van der Waals surface area (Å²) in [6.45, 7) is 2.13. The smallest absolute Gasteiger partial charge is 0.409 e. The van der Waals surface area contributed by atoms with Gasteiger partial charge >= 0.3 is 6.09 Å². The van der Waals surface area contributed by atoms with Gasteiger partial charge in [0, 0.05) is 5.56 Å². The van der Waals surface area contributed by atoms with Crippen LogP contribution in [0.25, 0.3) is 11.3 Å². The molecule has 2 aromatic carbocycles. The van der Waals surface area contributed by atoms with Crippen LogP contribution in [0, 0.1) is 6.92 Å². The van der Waals surface area contributed by atoms with Gasteiger partial charge in [-0.15, -0.1) is 0 Å². The van der Waals surface area contributed by atoms with E-state index < -0.39 is 6.09 Å². The summed E-state index contributed by atoms with van der Waals surface area (Å²) >= 11 is 0. The zero-order valence-corrected chi connectivity index (χ0v) is 13.0. The molecule has 24 heavy (non-hydrogen) atoms. The first-order valence-electron chi connectivity index (χ1n) is 7.37. The van der Waals surface area contributed by atoms with Gasteiger partial charge in [-0.25, -0.2) is 4.79 Å². The predicted octanol–water partition coefficient (Wildman–Crippen LogP) is 4.32. The molecule has 0 radical (unpaired) electrons. The summed E-state index contributed by atoms with van der Waals surface area (Å²) in [6.07, 6.45) is -1.16. The first-order chi connectivity index (χ1) is 11.6. The lowest BCUT2D eigenvalue weighted by Crippen LogP contribution is -2.08. The van der Waals surface area contributed by atoms with E-state index in [1.807, 2.05) is 54.6 Å². The van der Waals surface area contributed by atoms with Crippen molar-refractivity contribution in [3.63, 3.8) is 0 Å². The Balaban J connectivity index is 1.74. The molecule has 0 unspecified atom stereocenters. The monoisotopic (exact) mass is 324 g/mol. The lowest BCUT2D eigenvalue weighted by Gasteiger charge is -2.07. The molecule has 0 aliphatic carbocycles. The van der Waals surface area contributed by atoms with Crippen molar-refractivity contribution < 1.29 is 19.2 Å². The number of anilines is 1. The van der Waals surface area contributed by atoms with Crippen LogP contribution in [-0.4, -0.2) is 16.4 Å². The topological polar surface area (TPSA) is 84.6 Å². The number of carboxylic acid groups (broad SMARTS) is 1. The molecule has 6 heteroatoms. The molecule has 0 aliphatic heterocycles. The molecule has 0 saturated carbocycles. The van der Waals surface area contributed by atoms with Gasteiger partial charge in [0.05, 0.1) is 0 Å². The van der Waals surface area contributed by atoms with Crippen LogP contribution in [0.4, 0.5) is 10.5 Å². The number of aryl methyl sites for hydroxylation is 1. The molecule has 0 saturated heterocycles. The number of hydrogen-bond donors (Lipinski definition) is 2. The van der Waals surface area contributed by atoms with Crippen LogP contribution in [0.1, 0.15) is 11.3 Å². The van der Waals surface area contributed by atoms with Crippen molar-refractivity contribution in [3.8, 4) is 17.1 Å². The van der Waals surface area contributed by atoms with E-state index in [1.54, 1.807) is 6.92 Å². The largest absolute Gasteiger partial charge is 0.489 e. The van der Waals surface area contributed by atoms with E-state index in [-0.39, 0.29) is 0 Å². The number of carbonyl (C=O) groups is 1. The number of aromatic nitrogens is 1. The maximum Gasteiger partial charge on any atom is 0.409 e. The molecule has 3 rings (SSSR count). The number of amides is 1. The highest BCUT2D eigenvalue weighted by atomic mass is 16.5. The number of para-hydroxylation sites is 1. The molecule has 0 bridgehead atoms. The van der Waals surface area contributed by atoms with Crippen LogP contribution >= 0.6 is 0 Å². The van der Waals surface area contributed by atoms with E-state index in [0.29, 0.717) is 23.7 Å². The summed E-state index contributed by atoms with van der Waals surface area (Å²) in [5.74, 6) is 1.20. The molecule has 0 spiro atoms. The minimum absolute atomic E-state index is 0.357. The molecule has 0 fully saturated rings. The van der Waals surface area contributed by atoms with Gasteiger partial charge in [0.15, 0.2) is 5.76 Å². The average Bonchev–Trinajstić information content (AvgIpc) is 2.95. The number of nitrogens with zero attached hydrogens (tertiary/aromatic N) is 1. The van der Waals surface area contributed by atoms with Gasteiger partial charge in [-0.3, -0.25) is 5.32 Å². The summed E-state index contributed by atoms with van der Waals surface area (Å²) in [5, 5.41) is 15.0. The zero-order chi connectivity index (χ0) is 16.9. The third-order valence-corrected chi connectivity index (χ3v) is 3.46. The van der Waals surface area contributed by atoms with E-state index >= 15 is 0 Å². The van der Waals surface area contributed by atoms with E-state index in [1.165, 1.54) is 0 Å². The van der Waals surface area contributed by atoms with Crippen molar-refractivity contribution in [2.75, 3.05) is 5.32 Å². The Bertz CT molecular complexity index is 826. The molecule has 2 N–H and O–H groups in total. The highest BCUT2D eigenvalue weighted by molar-refractivity contribution is 5.89. The van der Waals surface area contributed by atoms with E-state index in [0.717, 1.165) is 16.9 Å². The second kappa shape index (κ2) is 6.87. The van der Waals surface area contributed by atoms with Crippen molar-refractivity contribution in [1.82, 2.24) is 5.16 Å². The van der Waals surface area contributed by atoms with Crippen LogP contribution in [0.3, 0.4) is 0 Å². The molecular formula is C18H16N2O4. The Morgan fingerprint density at radius 1 is 1.17 bits per heavy atom. The fourth-order valence-electron chi connectivity index (χ4n) is 2.26. The van der Waals surface area contributed by atoms with Crippen molar-refractivity contribution in [3.05, 3.63) is 65.9 Å². The van der Waals surface area contributed by atoms with Gasteiger partial charge in [0.25, 0.3) is 0 Å². The Morgan fingerprint density at radius 3 is 2.54 bits per heavy atom. The minimum Gasteiger partial charge on any atom is -0.489 e. The number of benzene rings is 2. The normalized spacial score (nSPS) is 10.4. The fraction of sp³-hybridized carbons (Fsp3) is 0.111. The quantitative estimate of drug-likeness (QED) is 0.730. The first-order valence-corrected chi connectivity index (χ1v) is 7.37. The molecule has 1 aromatic heterocycles. The van der Waals surface area contributed by atoms with E-state index in [4.69, 9.17) is 14.4 Å². The van der Waals surface area contributed by atoms with Crippen LogP contribution in [0.2, 0.25) is 0 Å². The van der Waals surface area contributed by atoms with Crippen LogP contribution in [-0.2, 0) is 6.61 Å². The Morgan fingerprint density at radius 2 is 1.88 bits per heavy atom. The number of rotatable bonds is 5. The number of ether oxygens (including phenoxy) is 1. The van der Waals surface area contributed by atoms with Crippen molar-refractivity contribution in [2.24, 2.45) is 0 Å². The molecule has 0 atom stereocenters. The van der Waals surface area contributed by atoms with Crippen LogP contribution < -0.4 is 10.1 Å². The molecule has 6 nitrogen and oxygen atoms in total. The van der Waals surface area contributed by atoms with Gasteiger partial charge in [-0.2, -0.15) is 0 Å². The van der Waals surface area contributed by atoms with E-state index in [2.05, 4.69) is 10.5 Å². The molecule has 122 valence electrons. The second-order valence-corrected chi connectivity index (χ2v) is 5.20. The predicted molar refractivity (Wildman–Crippen MR) is 89.1 cm³/mol. The molecule has 1 heterocycles. The van der Waals surface area contributed by atoms with Gasteiger partial charge in [-0.05, 0) is 24.6 Å². The lowest BCUT2D eigenvalue weighted by atomic mass is 10.1. The Hall–Kier alpha value is -3.28. The van der Waals surface area contributed by atoms with Gasteiger partial charge in [0.1, 0.15) is 23.7 Å². The number of hydrogen-bond acceptors (Lipinski definition) is 4. The summed E-state index contributed by atoms with van der Waals surface area (Å²) in [4.78, 5) is 10.9. The summed E-state index contributed by atoms with van der Waals surface area (Å²) < 4.78 is 10.9. The van der Waals surface area contributed by atoms with Crippen molar-refractivity contribution in [1.29, 1.82) is 0 Å². The molecule has 1 amide bonds. The van der Waals surface area contributed by atoms with Gasteiger partial charge in [0.2, 0.25) is 0 Å². The van der Waals surface area contributed by atoms with Gasteiger partial charge < -0.3 is 14.4 Å². The maximum atomic E-state index is 10.9. The first kappa shape index (κ1) is 15.6. The third kappa shape index (κ3) is 3.55. The molecular weight excluding hydrogens is 308 g/mol. The minimum atomic E-state index is -1.16. The highest BCUT2D eigenvalue weighted by Gasteiger charge is 2.16. The van der Waals surface area contributed by atoms with Crippen molar-refractivity contribution in [2.45, 2.75) is 13.5 Å². The second-order valence-electron chi connectivity index (χ2n) is 5.20. The zero-order valence-electron chi connectivity index (χ0n) is 13.0. The Labute approximate surface area is 138 Å². The number of nitrogens with one attached hydrogen (secondary N) is 1. The molecule has 0 aliphatic rings. The average molecular weight is 324 g/mol. The fourth-order valence-corrected chi connectivity index (χ4v) is 2.26. The maximum absolute atomic E-state index is 10.9. The standard InChI is InChI=1S/C18H16N2O4/c1-12-16(19-18(21)22)17(24-20-12)14-9-7-13(8-10-14)11-23-15-5-3-2-4-6-15/h2-10,19H,11H2,1H3,(H,21,22). The SMILES string of the molecule is Cc1noc(-c2ccc(COc3ccccc3)cc2)c1NC(=O)O. The lowest BCUT2D eigenvalue weighted by molar-refractivity contribution is 0.209. The third-order valence-electron chi connectivity index (χ3n) is 3.46. The van der Waals surface area contributed by atoms with Crippen molar-refractivity contribution >= 4 is 11.8 Å². The summed E-state index contributed by atoms with van der Waals surface area (Å²) in [6, 6.07) is 17.1. The van der Waals surface area contributed by atoms with E-state index in [9.17, 15) is 4.79 Å². The van der Waals surface area contributed by atoms with Gasteiger partial charge in [-0.1, -0.05) is 47.6 Å². The van der Waals surface area contributed by atoms with Crippen LogP contribution in [0.5, 0.6) is 5.75 Å². The summed E-state index contributed by atoms with van der Waals surface area (Å²) in [7, 11) is 0. The van der Waals surface area contributed by atoms with Crippen LogP contribution in [0.15, 0.2) is 59.1 Å². The molecule has 3 aromatic rings. The summed E-state index contributed by atoms with van der Waals surface area (Å²) in [5.41, 5.74) is 2.58.